The molecular weight excluding hydrogens is 336 g/mol. The monoisotopic (exact) mass is 356 g/mol. The maximum Gasteiger partial charge on any atom is 0.359 e. The lowest BCUT2D eigenvalue weighted by Crippen LogP contribution is -2.22. The Hall–Kier alpha value is -3.16. The zero-order valence-corrected chi connectivity index (χ0v) is 14.5. The lowest BCUT2D eigenvalue weighted by molar-refractivity contribution is -0.119. The molecular formula is C18H20N4O4. The number of amides is 1. The van der Waals surface area contributed by atoms with E-state index in [1.54, 1.807) is 43.5 Å². The number of nitrogens with one attached hydrogen (secondary N) is 1. The van der Waals surface area contributed by atoms with Gasteiger partial charge >= 0.3 is 5.97 Å². The summed E-state index contributed by atoms with van der Waals surface area (Å²) in [5, 5.41) is 10.6. The van der Waals surface area contributed by atoms with Crippen LogP contribution in [0, 0.1) is 0 Å². The van der Waals surface area contributed by atoms with E-state index in [-0.39, 0.29) is 5.69 Å². The Bertz CT molecular complexity index is 756. The van der Waals surface area contributed by atoms with E-state index in [2.05, 4.69) is 20.4 Å². The van der Waals surface area contributed by atoms with E-state index in [1.165, 1.54) is 0 Å². The largest absolute Gasteiger partial charge is 0.497 e. The van der Waals surface area contributed by atoms with Crippen LogP contribution in [0.2, 0.25) is 0 Å². The van der Waals surface area contributed by atoms with Crippen molar-refractivity contribution >= 4 is 23.4 Å². The number of anilines is 2. The van der Waals surface area contributed by atoms with Gasteiger partial charge in [-0.15, -0.1) is 10.2 Å². The van der Waals surface area contributed by atoms with Crippen LogP contribution in [0.15, 0.2) is 36.4 Å². The second-order valence-corrected chi connectivity index (χ2v) is 5.82. The number of carbonyl (C=O) groups is 2. The van der Waals surface area contributed by atoms with Crippen molar-refractivity contribution < 1.29 is 19.1 Å². The number of hydrogen-bond acceptors (Lipinski definition) is 7. The minimum Gasteiger partial charge on any atom is -0.497 e. The number of esters is 1. The number of carbonyl (C=O) groups excluding carboxylic acids is 2. The molecule has 1 aromatic heterocycles. The van der Waals surface area contributed by atoms with Crippen molar-refractivity contribution in [1.82, 2.24) is 10.2 Å². The SMILES string of the molecule is COc1ccc(NC(=O)COC(=O)c2ccc(N3CCCC3)nn2)cc1. The van der Waals surface area contributed by atoms with E-state index in [0.29, 0.717) is 11.4 Å². The molecule has 8 heteroatoms. The highest BCUT2D eigenvalue weighted by atomic mass is 16.5. The molecule has 2 heterocycles. The smallest absolute Gasteiger partial charge is 0.359 e. The summed E-state index contributed by atoms with van der Waals surface area (Å²) in [6.45, 7) is 1.49. The van der Waals surface area contributed by atoms with Gasteiger partial charge in [-0.1, -0.05) is 0 Å². The first-order chi connectivity index (χ1) is 12.7. The Morgan fingerprint density at radius 3 is 2.42 bits per heavy atom. The molecule has 0 aliphatic carbocycles. The molecule has 1 aliphatic heterocycles. The molecule has 136 valence electrons. The van der Waals surface area contributed by atoms with E-state index in [1.807, 2.05) is 0 Å². The van der Waals surface area contributed by atoms with Crippen LogP contribution in [0.1, 0.15) is 23.3 Å². The van der Waals surface area contributed by atoms with Crippen LogP contribution in [0.5, 0.6) is 5.75 Å². The molecule has 0 unspecified atom stereocenters. The summed E-state index contributed by atoms with van der Waals surface area (Å²) >= 11 is 0. The maximum atomic E-state index is 12.0. The summed E-state index contributed by atoms with van der Waals surface area (Å²) in [4.78, 5) is 26.0. The lowest BCUT2D eigenvalue weighted by Gasteiger charge is -2.15. The molecule has 0 spiro atoms. The van der Waals surface area contributed by atoms with Gasteiger partial charge in [0.05, 0.1) is 7.11 Å². The fourth-order valence-electron chi connectivity index (χ4n) is 2.63. The first-order valence-electron chi connectivity index (χ1n) is 8.35. The standard InChI is InChI=1S/C18H20N4O4/c1-25-14-6-4-13(5-7-14)19-17(23)12-26-18(24)15-8-9-16(21-20-15)22-10-2-3-11-22/h4-9H,2-3,10-12H2,1H3,(H,19,23). The van der Waals surface area contributed by atoms with Crippen molar-refractivity contribution in [2.24, 2.45) is 0 Å². The molecule has 0 radical (unpaired) electrons. The Kier molecular flexibility index (Phi) is 5.62. The van der Waals surface area contributed by atoms with Gasteiger partial charge in [-0.2, -0.15) is 0 Å². The van der Waals surface area contributed by atoms with Crippen LogP contribution in [0.4, 0.5) is 11.5 Å². The quantitative estimate of drug-likeness (QED) is 0.790. The summed E-state index contributed by atoms with van der Waals surface area (Å²) < 4.78 is 10.0. The fraction of sp³-hybridized carbons (Fsp3) is 0.333. The summed E-state index contributed by atoms with van der Waals surface area (Å²) in [7, 11) is 1.56. The minimum atomic E-state index is -0.685. The Balaban J connectivity index is 1.48. The highest BCUT2D eigenvalue weighted by Gasteiger charge is 2.16. The van der Waals surface area contributed by atoms with Gasteiger partial charge in [0.25, 0.3) is 5.91 Å². The summed E-state index contributed by atoms with van der Waals surface area (Å²) in [5.41, 5.74) is 0.659. The molecule has 1 fully saturated rings. The van der Waals surface area contributed by atoms with Gasteiger partial charge in [0, 0.05) is 18.8 Å². The van der Waals surface area contributed by atoms with Crippen molar-refractivity contribution in [2.75, 3.05) is 37.0 Å². The van der Waals surface area contributed by atoms with Crippen molar-refractivity contribution in [2.45, 2.75) is 12.8 Å². The third-order valence-corrected chi connectivity index (χ3v) is 4.00. The van der Waals surface area contributed by atoms with Crippen LogP contribution < -0.4 is 15.0 Å². The second-order valence-electron chi connectivity index (χ2n) is 5.82. The fourth-order valence-corrected chi connectivity index (χ4v) is 2.63. The molecule has 0 saturated carbocycles. The Morgan fingerprint density at radius 1 is 1.08 bits per heavy atom. The number of benzene rings is 1. The van der Waals surface area contributed by atoms with Gasteiger partial charge in [0.15, 0.2) is 18.1 Å². The van der Waals surface area contributed by atoms with Crippen LogP contribution in [0.3, 0.4) is 0 Å². The van der Waals surface area contributed by atoms with E-state index in [9.17, 15) is 9.59 Å². The van der Waals surface area contributed by atoms with Gasteiger partial charge in [-0.25, -0.2) is 4.79 Å². The average molecular weight is 356 g/mol. The molecule has 1 N–H and O–H groups in total. The minimum absolute atomic E-state index is 0.0743. The van der Waals surface area contributed by atoms with Crippen molar-refractivity contribution in [1.29, 1.82) is 0 Å². The van der Waals surface area contributed by atoms with E-state index in [4.69, 9.17) is 9.47 Å². The van der Waals surface area contributed by atoms with Crippen LogP contribution in [-0.2, 0) is 9.53 Å². The molecule has 0 atom stereocenters. The number of rotatable bonds is 6. The number of ether oxygens (including phenoxy) is 2. The highest BCUT2D eigenvalue weighted by molar-refractivity contribution is 5.94. The summed E-state index contributed by atoms with van der Waals surface area (Å²) in [6.07, 6.45) is 2.27. The third kappa shape index (κ3) is 4.47. The van der Waals surface area contributed by atoms with Gasteiger partial charge in [0.2, 0.25) is 0 Å². The number of aromatic nitrogens is 2. The first-order valence-corrected chi connectivity index (χ1v) is 8.35. The molecule has 8 nitrogen and oxygen atoms in total. The average Bonchev–Trinajstić information content (AvgIpc) is 3.21. The van der Waals surface area contributed by atoms with Crippen molar-refractivity contribution in [3.8, 4) is 5.75 Å². The number of methoxy groups -OCH3 is 1. The molecule has 1 saturated heterocycles. The van der Waals surface area contributed by atoms with E-state index >= 15 is 0 Å². The van der Waals surface area contributed by atoms with Crippen molar-refractivity contribution in [3.05, 3.63) is 42.1 Å². The molecule has 1 aliphatic rings. The van der Waals surface area contributed by atoms with Crippen LogP contribution >= 0.6 is 0 Å². The molecule has 1 aromatic carbocycles. The van der Waals surface area contributed by atoms with Gasteiger partial charge in [0.1, 0.15) is 5.75 Å². The summed E-state index contributed by atoms with van der Waals surface area (Å²) in [5.74, 6) is 0.308. The lowest BCUT2D eigenvalue weighted by atomic mass is 10.3. The zero-order chi connectivity index (χ0) is 18.4. The second kappa shape index (κ2) is 8.28. The van der Waals surface area contributed by atoms with Crippen LogP contribution in [0.25, 0.3) is 0 Å². The van der Waals surface area contributed by atoms with Crippen molar-refractivity contribution in [3.63, 3.8) is 0 Å². The first kappa shape index (κ1) is 17.7. The summed E-state index contributed by atoms with van der Waals surface area (Å²) in [6, 6.07) is 10.1. The molecule has 1 amide bonds. The van der Waals surface area contributed by atoms with Crippen LogP contribution in [-0.4, -0.2) is 48.9 Å². The number of nitrogens with zero attached hydrogens (tertiary/aromatic N) is 3. The van der Waals surface area contributed by atoms with E-state index < -0.39 is 18.5 Å². The predicted molar refractivity (Wildman–Crippen MR) is 95.4 cm³/mol. The normalized spacial score (nSPS) is 13.3. The third-order valence-electron chi connectivity index (χ3n) is 4.00. The molecule has 2 aromatic rings. The Labute approximate surface area is 151 Å². The highest BCUT2D eigenvalue weighted by Crippen LogP contribution is 2.17. The Morgan fingerprint density at radius 2 is 1.81 bits per heavy atom. The van der Waals surface area contributed by atoms with Gasteiger partial charge < -0.3 is 19.7 Å². The molecule has 3 rings (SSSR count). The predicted octanol–water partition coefficient (Wildman–Crippen LogP) is 1.88. The molecule has 26 heavy (non-hydrogen) atoms. The van der Waals surface area contributed by atoms with Gasteiger partial charge in [-0.3, -0.25) is 4.79 Å². The molecule has 0 bridgehead atoms. The van der Waals surface area contributed by atoms with Gasteiger partial charge in [-0.05, 0) is 49.2 Å². The maximum absolute atomic E-state index is 12.0. The zero-order valence-electron chi connectivity index (χ0n) is 14.5. The topological polar surface area (TPSA) is 93.6 Å². The number of hydrogen-bond donors (Lipinski definition) is 1. The van der Waals surface area contributed by atoms with E-state index in [0.717, 1.165) is 31.7 Å².